The van der Waals surface area contributed by atoms with Crippen molar-refractivity contribution < 1.29 is 4.74 Å². The van der Waals surface area contributed by atoms with Crippen LogP contribution in [0.1, 0.15) is 22.4 Å². The van der Waals surface area contributed by atoms with Crippen LogP contribution in [0.25, 0.3) is 10.9 Å². The number of pyridine rings is 1. The highest BCUT2D eigenvalue weighted by Gasteiger charge is 2.04. The van der Waals surface area contributed by atoms with E-state index in [1.54, 1.807) is 0 Å². The molecule has 0 amide bonds. The van der Waals surface area contributed by atoms with E-state index in [2.05, 4.69) is 39.8 Å². The fraction of sp³-hybridized carbons (Fsp3) is 0.0833. The molecular formula is C24H23N5O. The summed E-state index contributed by atoms with van der Waals surface area (Å²) in [5, 5.41) is 4.75. The van der Waals surface area contributed by atoms with E-state index in [1.165, 1.54) is 11.1 Å². The third-order valence-electron chi connectivity index (χ3n) is 4.87. The van der Waals surface area contributed by atoms with E-state index in [4.69, 9.17) is 16.4 Å². The Bertz CT molecular complexity index is 1150. The number of benzene rings is 3. The zero-order chi connectivity index (χ0) is 20.8. The Morgan fingerprint density at radius 2 is 1.57 bits per heavy atom. The minimum Gasteiger partial charge on any atom is -0.487 e. The quantitative estimate of drug-likeness (QED) is 0.200. The normalized spacial score (nSPS) is 11.4. The van der Waals surface area contributed by atoms with Gasteiger partial charge in [-0.3, -0.25) is 0 Å². The number of fused-ring (bicyclic) bond motifs is 1. The number of nitrogens with zero attached hydrogens (tertiary/aromatic N) is 2. The monoisotopic (exact) mass is 397 g/mol. The summed E-state index contributed by atoms with van der Waals surface area (Å²) < 4.78 is 5.91. The SMILES string of the molecule is NN=C(NN)c1ccc(Cc2ccc(OCc3ccc4ccccc4n3)cc2)cc1. The Hall–Kier alpha value is -3.90. The number of hydrogen-bond donors (Lipinski definition) is 3. The molecule has 0 bridgehead atoms. The summed E-state index contributed by atoms with van der Waals surface area (Å²) in [6.45, 7) is 0.436. The number of para-hydroxylation sites is 1. The lowest BCUT2D eigenvalue weighted by molar-refractivity contribution is 0.301. The van der Waals surface area contributed by atoms with Gasteiger partial charge in [-0.2, -0.15) is 5.10 Å². The van der Waals surface area contributed by atoms with Gasteiger partial charge in [0.2, 0.25) is 0 Å². The Balaban J connectivity index is 1.36. The van der Waals surface area contributed by atoms with Crippen molar-refractivity contribution in [2.45, 2.75) is 13.0 Å². The third kappa shape index (κ3) is 4.56. The first kappa shape index (κ1) is 19.4. The number of nitrogens with one attached hydrogen (secondary N) is 1. The molecule has 0 spiro atoms. The molecule has 1 heterocycles. The lowest BCUT2D eigenvalue weighted by atomic mass is 10.0. The van der Waals surface area contributed by atoms with Crippen LogP contribution >= 0.6 is 0 Å². The van der Waals surface area contributed by atoms with Crippen molar-refractivity contribution in [1.82, 2.24) is 10.4 Å². The van der Waals surface area contributed by atoms with Crippen molar-refractivity contribution in [2.24, 2.45) is 16.8 Å². The van der Waals surface area contributed by atoms with Gasteiger partial charge in [-0.25, -0.2) is 10.8 Å². The molecular weight excluding hydrogens is 374 g/mol. The first-order valence-corrected chi connectivity index (χ1v) is 9.65. The largest absolute Gasteiger partial charge is 0.487 e. The molecule has 3 aromatic carbocycles. The van der Waals surface area contributed by atoms with Crippen LogP contribution < -0.4 is 21.8 Å². The van der Waals surface area contributed by atoms with Crippen LogP contribution in [0.15, 0.2) is 90.0 Å². The summed E-state index contributed by atoms with van der Waals surface area (Å²) in [6, 6.07) is 28.2. The first-order chi connectivity index (χ1) is 14.7. The van der Waals surface area contributed by atoms with Gasteiger partial charge in [-0.05, 0) is 41.8 Å². The smallest absolute Gasteiger partial charge is 0.166 e. The summed E-state index contributed by atoms with van der Waals surface area (Å²) in [7, 11) is 0. The Kier molecular flexibility index (Phi) is 5.87. The van der Waals surface area contributed by atoms with Gasteiger partial charge in [0.1, 0.15) is 12.4 Å². The summed E-state index contributed by atoms with van der Waals surface area (Å²) in [5.74, 6) is 12.0. The van der Waals surface area contributed by atoms with Gasteiger partial charge in [-0.1, -0.05) is 60.7 Å². The molecule has 6 heteroatoms. The minimum absolute atomic E-state index is 0.436. The molecule has 0 unspecified atom stereocenters. The number of nitrogens with two attached hydrogens (primary N) is 2. The van der Waals surface area contributed by atoms with E-state index in [9.17, 15) is 0 Å². The Morgan fingerprint density at radius 1 is 0.867 bits per heavy atom. The number of aromatic nitrogens is 1. The average Bonchev–Trinajstić information content (AvgIpc) is 2.80. The lowest BCUT2D eigenvalue weighted by Gasteiger charge is -2.09. The molecule has 0 saturated heterocycles. The average molecular weight is 397 g/mol. The summed E-state index contributed by atoms with van der Waals surface area (Å²) in [5.41, 5.74) is 7.59. The second-order valence-corrected chi connectivity index (χ2v) is 6.92. The van der Waals surface area contributed by atoms with Crippen molar-refractivity contribution in [3.8, 4) is 5.75 Å². The number of hydrazone groups is 1. The summed E-state index contributed by atoms with van der Waals surface area (Å²) >= 11 is 0. The number of rotatable bonds is 6. The molecule has 5 N–H and O–H groups in total. The number of amidine groups is 1. The molecule has 0 aliphatic rings. The molecule has 4 aromatic rings. The van der Waals surface area contributed by atoms with E-state index >= 15 is 0 Å². The van der Waals surface area contributed by atoms with E-state index in [0.29, 0.717) is 12.4 Å². The highest BCUT2D eigenvalue weighted by atomic mass is 16.5. The second kappa shape index (κ2) is 9.07. The molecule has 0 radical (unpaired) electrons. The van der Waals surface area contributed by atoms with Gasteiger partial charge in [0.05, 0.1) is 11.2 Å². The zero-order valence-electron chi connectivity index (χ0n) is 16.5. The molecule has 0 saturated carbocycles. The standard InChI is InChI=1S/C24H23N5O/c25-28-24(29-26)20-9-5-17(6-10-20)15-18-7-13-22(14-8-18)30-16-21-12-11-19-3-1-2-4-23(19)27-21/h1-14H,15-16,25-26H2,(H,28,29). The third-order valence-corrected chi connectivity index (χ3v) is 4.87. The van der Waals surface area contributed by atoms with Crippen LogP contribution in [-0.4, -0.2) is 10.8 Å². The predicted octanol–water partition coefficient (Wildman–Crippen LogP) is 3.49. The fourth-order valence-electron chi connectivity index (χ4n) is 3.26. The molecule has 0 fully saturated rings. The molecule has 1 aromatic heterocycles. The van der Waals surface area contributed by atoms with Crippen molar-refractivity contribution in [2.75, 3.05) is 0 Å². The maximum absolute atomic E-state index is 5.91. The molecule has 0 atom stereocenters. The molecule has 6 nitrogen and oxygen atoms in total. The van der Waals surface area contributed by atoms with Crippen molar-refractivity contribution in [1.29, 1.82) is 0 Å². The van der Waals surface area contributed by atoms with Crippen LogP contribution in [0.5, 0.6) is 5.75 Å². The van der Waals surface area contributed by atoms with Gasteiger partial charge >= 0.3 is 0 Å². The molecule has 30 heavy (non-hydrogen) atoms. The number of hydrogen-bond acceptors (Lipinski definition) is 5. The van der Waals surface area contributed by atoms with Gasteiger partial charge in [-0.15, -0.1) is 0 Å². The lowest BCUT2D eigenvalue weighted by Crippen LogP contribution is -2.31. The molecule has 150 valence electrons. The fourth-order valence-corrected chi connectivity index (χ4v) is 3.26. The summed E-state index contributed by atoms with van der Waals surface area (Å²) in [6.07, 6.45) is 0.817. The van der Waals surface area contributed by atoms with Gasteiger partial charge < -0.3 is 16.0 Å². The van der Waals surface area contributed by atoms with Gasteiger partial charge in [0.25, 0.3) is 0 Å². The Labute approximate surface area is 175 Å². The molecule has 0 aliphatic carbocycles. The van der Waals surface area contributed by atoms with E-state index in [0.717, 1.165) is 34.3 Å². The second-order valence-electron chi connectivity index (χ2n) is 6.92. The predicted molar refractivity (Wildman–Crippen MR) is 120 cm³/mol. The number of ether oxygens (including phenoxy) is 1. The minimum atomic E-state index is 0.436. The van der Waals surface area contributed by atoms with Crippen LogP contribution in [-0.2, 0) is 13.0 Å². The molecule has 4 rings (SSSR count). The van der Waals surface area contributed by atoms with Crippen molar-refractivity contribution >= 4 is 16.7 Å². The van der Waals surface area contributed by atoms with E-state index in [-0.39, 0.29) is 0 Å². The van der Waals surface area contributed by atoms with E-state index < -0.39 is 0 Å². The maximum atomic E-state index is 5.91. The van der Waals surface area contributed by atoms with Gasteiger partial charge in [0.15, 0.2) is 5.84 Å². The van der Waals surface area contributed by atoms with Crippen molar-refractivity contribution in [3.63, 3.8) is 0 Å². The van der Waals surface area contributed by atoms with Crippen LogP contribution in [0.3, 0.4) is 0 Å². The van der Waals surface area contributed by atoms with Crippen LogP contribution in [0, 0.1) is 0 Å². The summed E-state index contributed by atoms with van der Waals surface area (Å²) in [4.78, 5) is 4.64. The van der Waals surface area contributed by atoms with Crippen LogP contribution in [0.4, 0.5) is 0 Å². The first-order valence-electron chi connectivity index (χ1n) is 9.65. The van der Waals surface area contributed by atoms with Gasteiger partial charge in [0, 0.05) is 10.9 Å². The topological polar surface area (TPSA) is 98.5 Å². The van der Waals surface area contributed by atoms with Crippen LogP contribution in [0.2, 0.25) is 0 Å². The molecule has 0 aliphatic heterocycles. The highest BCUT2D eigenvalue weighted by Crippen LogP contribution is 2.18. The van der Waals surface area contributed by atoms with E-state index in [1.807, 2.05) is 60.7 Å². The number of hydrazine groups is 1. The highest BCUT2D eigenvalue weighted by molar-refractivity contribution is 5.98. The van der Waals surface area contributed by atoms with Crippen molar-refractivity contribution in [3.05, 3.63) is 107 Å². The maximum Gasteiger partial charge on any atom is 0.166 e. The Morgan fingerprint density at radius 3 is 2.27 bits per heavy atom. The zero-order valence-corrected chi connectivity index (χ0v) is 16.5.